The topological polar surface area (TPSA) is 0 Å². The van der Waals surface area contributed by atoms with Gasteiger partial charge in [-0.05, 0) is 46.5 Å². The Hall–Kier alpha value is -5.50. The highest BCUT2D eigenvalue weighted by atomic mass is 19.2. The Labute approximate surface area is 302 Å². The van der Waals surface area contributed by atoms with Crippen LogP contribution in [0.1, 0.15) is 44.5 Å². The molecule has 0 spiro atoms. The third-order valence-electron chi connectivity index (χ3n) is 11.3. The summed E-state index contributed by atoms with van der Waals surface area (Å²) in [5.74, 6) is -48.5. The number of benzene rings is 4. The van der Waals surface area contributed by atoms with Crippen molar-refractivity contribution in [2.75, 3.05) is 0 Å². The normalized spacial score (nSPS) is 27.4. The summed E-state index contributed by atoms with van der Waals surface area (Å²) in [6.45, 7) is 0. The number of hydrogen-bond acceptors (Lipinski definition) is 0. The monoisotopic (exact) mass is 831 g/mol. The predicted octanol–water partition coefficient (Wildman–Crippen LogP) is 12.6. The first kappa shape index (κ1) is 38.4. The van der Waals surface area contributed by atoms with E-state index in [0.29, 0.717) is 0 Å². The van der Waals surface area contributed by atoms with E-state index in [0.717, 1.165) is 0 Å². The van der Waals surface area contributed by atoms with Gasteiger partial charge in [-0.3, -0.25) is 17.6 Å². The Morgan fingerprint density at radius 3 is 0.632 bits per heavy atom. The number of rotatable bonds is 4. The first-order valence-corrected chi connectivity index (χ1v) is 15.6. The van der Waals surface area contributed by atoms with Gasteiger partial charge in [-0.2, -0.15) is 0 Å². The molecule has 0 aromatic heterocycles. The fourth-order valence-electron chi connectivity index (χ4n) is 9.16. The zero-order chi connectivity index (χ0) is 42.0. The van der Waals surface area contributed by atoms with Crippen LogP contribution in [0.15, 0.2) is 71.8 Å². The average molecular weight is 831 g/mol. The van der Waals surface area contributed by atoms with Gasteiger partial charge in [-0.25, -0.2) is 70.2 Å². The van der Waals surface area contributed by atoms with E-state index in [2.05, 4.69) is 0 Å². The molecule has 4 aromatic rings. The van der Waals surface area contributed by atoms with Gasteiger partial charge in [0.15, 0.2) is 69.8 Å². The van der Waals surface area contributed by atoms with Crippen LogP contribution in [0.25, 0.3) is 23.3 Å². The van der Waals surface area contributed by atoms with Crippen molar-refractivity contribution in [1.29, 1.82) is 0 Å². The first-order chi connectivity index (χ1) is 26.5. The van der Waals surface area contributed by atoms with E-state index < -0.39 is 190 Å². The van der Waals surface area contributed by atoms with Crippen LogP contribution in [0.4, 0.5) is 87.8 Å². The van der Waals surface area contributed by atoms with Crippen LogP contribution in [0.5, 0.6) is 0 Å². The summed E-state index contributed by atoms with van der Waals surface area (Å²) in [6, 6.07) is -3.23. The highest BCUT2D eigenvalue weighted by Crippen LogP contribution is 2.78. The Bertz CT molecular complexity index is 2360. The molecule has 296 valence electrons. The fraction of sp³-hybridized carbons (Fsp3) is 0.111. The predicted molar refractivity (Wildman–Crippen MR) is 159 cm³/mol. The van der Waals surface area contributed by atoms with E-state index >= 15 is 70.2 Å². The molecule has 0 saturated heterocycles. The maximum absolute atomic E-state index is 19.1. The first-order valence-electron chi connectivity index (χ1n) is 15.6. The van der Waals surface area contributed by atoms with Crippen molar-refractivity contribution in [1.82, 2.24) is 0 Å². The Morgan fingerprint density at radius 2 is 0.456 bits per heavy atom. The van der Waals surface area contributed by atoms with Crippen LogP contribution in [0, 0.1) is 46.5 Å². The third-order valence-corrected chi connectivity index (χ3v) is 11.3. The van der Waals surface area contributed by atoms with E-state index in [1.807, 2.05) is 0 Å². The largest absolute Gasteiger partial charge is 0.274 e. The van der Waals surface area contributed by atoms with E-state index in [1.54, 1.807) is 0 Å². The molecule has 0 N–H and O–H groups in total. The van der Waals surface area contributed by atoms with Crippen LogP contribution in [0.2, 0.25) is 0 Å². The molecule has 0 amide bonds. The molecule has 0 bridgehead atoms. The molecule has 0 aliphatic heterocycles. The van der Waals surface area contributed by atoms with Crippen LogP contribution in [-0.2, 0) is 22.3 Å². The zero-order valence-corrected chi connectivity index (χ0v) is 26.8. The van der Waals surface area contributed by atoms with Gasteiger partial charge in [0.25, 0.3) is 0 Å². The van der Waals surface area contributed by atoms with Crippen LogP contribution in [-0.4, -0.2) is 6.15 Å². The summed E-state index contributed by atoms with van der Waals surface area (Å²) in [5.41, 5.74) is -45.7. The van der Waals surface area contributed by atoms with Crippen molar-refractivity contribution in [3.63, 3.8) is 0 Å². The SMILES string of the molecule is FC1=C(F)C(F)([B-](C2(F)C(F)=C(F)c3c2ccc(F)c3F)(C2(F)C(F)=C(F)c3c2ccc(F)c3F)C2(F)C(F)=C(F)c3c2ccc(F)c3F)c2ccc(F)c(F)c21. The summed E-state index contributed by atoms with van der Waals surface area (Å²) >= 11 is 0. The van der Waals surface area contributed by atoms with Crippen LogP contribution >= 0.6 is 0 Å². The molecule has 0 saturated carbocycles. The van der Waals surface area contributed by atoms with E-state index in [1.165, 1.54) is 0 Å². The lowest BCUT2D eigenvalue weighted by molar-refractivity contribution is 0.105. The molecule has 0 heterocycles. The zero-order valence-electron chi connectivity index (χ0n) is 26.8. The van der Waals surface area contributed by atoms with Crippen molar-refractivity contribution < 1.29 is 87.8 Å². The molecule has 4 atom stereocenters. The van der Waals surface area contributed by atoms with Gasteiger partial charge in [-0.1, -0.05) is 24.3 Å². The lowest BCUT2D eigenvalue weighted by Gasteiger charge is -2.65. The van der Waals surface area contributed by atoms with Crippen molar-refractivity contribution in [3.05, 3.63) is 163 Å². The highest BCUT2D eigenvalue weighted by Gasteiger charge is 2.88. The molecule has 8 rings (SSSR count). The molecular weight excluding hydrogens is 823 g/mol. The second-order valence-electron chi connectivity index (χ2n) is 13.4. The van der Waals surface area contributed by atoms with Gasteiger partial charge in [0.1, 0.15) is 23.3 Å². The minimum Gasteiger partial charge on any atom is -0.274 e. The van der Waals surface area contributed by atoms with Gasteiger partial charge >= 0.3 is 0 Å². The van der Waals surface area contributed by atoms with Crippen LogP contribution < -0.4 is 0 Å². The second-order valence-corrected chi connectivity index (χ2v) is 13.4. The van der Waals surface area contributed by atoms with E-state index in [9.17, 15) is 17.6 Å². The molecule has 0 radical (unpaired) electrons. The summed E-state index contributed by atoms with van der Waals surface area (Å²) in [6.07, 6.45) is -8.10. The molecule has 4 aliphatic carbocycles. The fourth-order valence-corrected chi connectivity index (χ4v) is 9.16. The van der Waals surface area contributed by atoms with Gasteiger partial charge in [-0.15, -0.1) is 0 Å². The highest BCUT2D eigenvalue weighted by molar-refractivity contribution is 6.91. The van der Waals surface area contributed by atoms with Crippen molar-refractivity contribution in [3.8, 4) is 0 Å². The third kappa shape index (κ3) is 3.73. The average Bonchev–Trinajstić information content (AvgIpc) is 3.67. The Kier molecular flexibility index (Phi) is 7.63. The summed E-state index contributed by atoms with van der Waals surface area (Å²) in [5, 5.41) is 0. The lowest BCUT2D eigenvalue weighted by atomic mass is 8.98. The van der Waals surface area contributed by atoms with Crippen molar-refractivity contribution in [2.24, 2.45) is 0 Å². The van der Waals surface area contributed by atoms with Crippen LogP contribution in [0.3, 0.4) is 0 Å². The number of allylic oxidation sites excluding steroid dienone is 4. The van der Waals surface area contributed by atoms with Gasteiger partial charge in [0.05, 0.1) is 44.5 Å². The van der Waals surface area contributed by atoms with Gasteiger partial charge in [0, 0.05) is 0 Å². The van der Waals surface area contributed by atoms with E-state index in [-0.39, 0.29) is 24.3 Å². The molecule has 21 heteroatoms. The van der Waals surface area contributed by atoms with Crippen molar-refractivity contribution >= 4 is 29.5 Å². The number of fused-ring (bicyclic) bond motifs is 4. The number of hydrogen-bond donors (Lipinski definition) is 0. The smallest absolute Gasteiger partial charge is 0.217 e. The van der Waals surface area contributed by atoms with Gasteiger partial charge in [0.2, 0.25) is 6.15 Å². The maximum atomic E-state index is 19.1. The minimum atomic E-state index is -8.10. The molecule has 0 nitrogen and oxygen atoms in total. The Balaban J connectivity index is 1.78. The molecule has 4 aromatic carbocycles. The number of alkyl halides is 4. The molecule has 0 fully saturated rings. The van der Waals surface area contributed by atoms with Crippen molar-refractivity contribution in [2.45, 2.75) is 22.3 Å². The molecule has 4 aliphatic rings. The summed E-state index contributed by atoms with van der Waals surface area (Å²) in [7, 11) is 0. The summed E-state index contributed by atoms with van der Waals surface area (Å²) < 4.78 is 328. The van der Waals surface area contributed by atoms with E-state index in [4.69, 9.17) is 0 Å². The minimum absolute atomic E-state index is 0.366. The maximum Gasteiger partial charge on any atom is 0.217 e. The molecular formula is C36H8BF20-. The second kappa shape index (κ2) is 11.3. The lowest BCUT2D eigenvalue weighted by Crippen LogP contribution is -2.83. The Morgan fingerprint density at radius 1 is 0.281 bits per heavy atom. The van der Waals surface area contributed by atoms with Gasteiger partial charge < -0.3 is 0 Å². The summed E-state index contributed by atoms with van der Waals surface area (Å²) in [4.78, 5) is 0. The molecule has 57 heavy (non-hydrogen) atoms. The quantitative estimate of drug-likeness (QED) is 0.142. The standard InChI is InChI=1S/C36H8BF20/c38-13-5-1-9-17(21(13)42)25(46)29(50)33(9,54)37(34(55)10-2-6-14(39)22(43)18(10)26(47)30(34)51,35(56)11-3-7-15(40)23(44)19(11)27(48)31(35)52)36(57)12-4-8-16(41)24(45)20(12)28(49)32(36)53/h1-8H/q-1. The molecule has 4 unspecified atom stereocenters. The number of halogens is 20.